The van der Waals surface area contributed by atoms with Gasteiger partial charge in [-0.1, -0.05) is 5.16 Å². The van der Waals surface area contributed by atoms with Crippen molar-refractivity contribution < 1.29 is 13.7 Å². The standard InChI is InChI=1S/C20H24N4O3.ClH/c1-10-8-15(12(3)26-10)17-9-16(18-11(2)24-27-20(18)23-17)19(25)22-14-6-4-13(21)5-7-14;/h8-9,13-14H,4-7,21H2,1-3H3,(H,22,25);1H. The second kappa shape index (κ2) is 7.93. The molecule has 1 aliphatic rings. The number of nitrogens with two attached hydrogens (primary N) is 1. The molecule has 1 aliphatic carbocycles. The zero-order valence-corrected chi connectivity index (χ0v) is 17.1. The molecule has 0 aromatic carbocycles. The van der Waals surface area contributed by atoms with Crippen LogP contribution in [0.25, 0.3) is 22.4 Å². The number of carbonyl (C=O) groups is 1. The minimum atomic E-state index is -0.131. The first-order chi connectivity index (χ1) is 12.9. The molecule has 3 aromatic rings. The second-order valence-electron chi connectivity index (χ2n) is 7.42. The lowest BCUT2D eigenvalue weighted by molar-refractivity contribution is 0.0927. The van der Waals surface area contributed by atoms with Crippen LogP contribution < -0.4 is 11.1 Å². The van der Waals surface area contributed by atoms with Crippen LogP contribution in [0, 0.1) is 20.8 Å². The van der Waals surface area contributed by atoms with Crippen LogP contribution in [0.15, 0.2) is 21.1 Å². The minimum Gasteiger partial charge on any atom is -0.466 e. The van der Waals surface area contributed by atoms with Crippen LogP contribution in [0.3, 0.4) is 0 Å². The van der Waals surface area contributed by atoms with E-state index >= 15 is 0 Å². The zero-order valence-electron chi connectivity index (χ0n) is 16.2. The molecule has 1 amide bonds. The Hall–Kier alpha value is -2.38. The van der Waals surface area contributed by atoms with Crippen LogP contribution in [0.2, 0.25) is 0 Å². The smallest absolute Gasteiger partial charge is 0.259 e. The van der Waals surface area contributed by atoms with E-state index in [0.29, 0.717) is 28.1 Å². The summed E-state index contributed by atoms with van der Waals surface area (Å²) in [6, 6.07) is 4.09. The summed E-state index contributed by atoms with van der Waals surface area (Å²) in [5, 5.41) is 7.80. The minimum absolute atomic E-state index is 0. The van der Waals surface area contributed by atoms with Crippen molar-refractivity contribution in [2.45, 2.75) is 58.5 Å². The number of aromatic nitrogens is 2. The molecular formula is C20H25ClN4O3. The highest BCUT2D eigenvalue weighted by molar-refractivity contribution is 6.07. The molecule has 8 heteroatoms. The average molecular weight is 405 g/mol. The number of aryl methyl sites for hydroxylation is 3. The molecule has 3 aromatic heterocycles. The predicted octanol–water partition coefficient (Wildman–Crippen LogP) is 3.83. The summed E-state index contributed by atoms with van der Waals surface area (Å²) in [6.07, 6.45) is 3.66. The van der Waals surface area contributed by atoms with Gasteiger partial charge in [-0.25, -0.2) is 4.98 Å². The summed E-state index contributed by atoms with van der Waals surface area (Å²) < 4.78 is 11.0. The van der Waals surface area contributed by atoms with Crippen molar-refractivity contribution in [3.8, 4) is 11.3 Å². The van der Waals surface area contributed by atoms with Crippen molar-refractivity contribution in [3.05, 3.63) is 34.9 Å². The van der Waals surface area contributed by atoms with Crippen molar-refractivity contribution in [2.24, 2.45) is 5.73 Å². The third kappa shape index (κ3) is 3.77. The molecule has 0 spiro atoms. The van der Waals surface area contributed by atoms with E-state index in [2.05, 4.69) is 15.5 Å². The molecule has 28 heavy (non-hydrogen) atoms. The summed E-state index contributed by atoms with van der Waals surface area (Å²) >= 11 is 0. The lowest BCUT2D eigenvalue weighted by atomic mass is 9.91. The van der Waals surface area contributed by atoms with E-state index in [0.717, 1.165) is 42.8 Å². The first-order valence-electron chi connectivity index (χ1n) is 9.33. The molecule has 1 saturated carbocycles. The number of rotatable bonds is 3. The fraction of sp³-hybridized carbons (Fsp3) is 0.450. The van der Waals surface area contributed by atoms with E-state index in [1.54, 1.807) is 6.07 Å². The molecule has 0 unspecified atom stereocenters. The van der Waals surface area contributed by atoms with E-state index in [-0.39, 0.29) is 30.4 Å². The van der Waals surface area contributed by atoms with Crippen molar-refractivity contribution in [3.63, 3.8) is 0 Å². The van der Waals surface area contributed by atoms with Crippen molar-refractivity contribution in [2.75, 3.05) is 0 Å². The summed E-state index contributed by atoms with van der Waals surface area (Å²) in [5.41, 5.74) is 9.00. The number of amides is 1. The lowest BCUT2D eigenvalue weighted by Gasteiger charge is -2.26. The average Bonchev–Trinajstić information content (AvgIpc) is 3.18. The Kier molecular flexibility index (Phi) is 5.76. The van der Waals surface area contributed by atoms with Gasteiger partial charge in [-0.2, -0.15) is 0 Å². The van der Waals surface area contributed by atoms with Gasteiger partial charge in [0.25, 0.3) is 11.6 Å². The molecule has 0 bridgehead atoms. The molecule has 0 aliphatic heterocycles. The highest BCUT2D eigenvalue weighted by Crippen LogP contribution is 2.30. The van der Waals surface area contributed by atoms with E-state index in [9.17, 15) is 4.79 Å². The fourth-order valence-electron chi connectivity index (χ4n) is 3.82. The topological polar surface area (TPSA) is 107 Å². The van der Waals surface area contributed by atoms with Gasteiger partial charge >= 0.3 is 0 Å². The van der Waals surface area contributed by atoms with E-state index in [1.807, 2.05) is 26.8 Å². The van der Waals surface area contributed by atoms with Crippen LogP contribution in [-0.4, -0.2) is 28.1 Å². The molecule has 0 atom stereocenters. The molecule has 0 radical (unpaired) electrons. The predicted molar refractivity (Wildman–Crippen MR) is 109 cm³/mol. The Bertz CT molecular complexity index is 1000. The zero-order chi connectivity index (χ0) is 19.1. The normalized spacial score (nSPS) is 19.4. The molecule has 1 fully saturated rings. The number of carbonyl (C=O) groups excluding carboxylic acids is 1. The summed E-state index contributed by atoms with van der Waals surface area (Å²) in [4.78, 5) is 17.6. The van der Waals surface area contributed by atoms with Gasteiger partial charge < -0.3 is 20.0 Å². The highest BCUT2D eigenvalue weighted by atomic mass is 35.5. The van der Waals surface area contributed by atoms with Gasteiger partial charge in [0.15, 0.2) is 0 Å². The Morgan fingerprint density at radius 3 is 2.54 bits per heavy atom. The molecule has 0 saturated heterocycles. The summed E-state index contributed by atoms with van der Waals surface area (Å²) in [6.45, 7) is 5.58. The maximum Gasteiger partial charge on any atom is 0.259 e. The Morgan fingerprint density at radius 2 is 1.89 bits per heavy atom. The van der Waals surface area contributed by atoms with Crippen molar-refractivity contribution >= 4 is 29.4 Å². The van der Waals surface area contributed by atoms with Crippen molar-refractivity contribution in [1.82, 2.24) is 15.5 Å². The molecule has 3 heterocycles. The third-order valence-corrected chi connectivity index (χ3v) is 5.29. The Labute approximate surface area is 169 Å². The van der Waals surface area contributed by atoms with Crippen LogP contribution in [-0.2, 0) is 0 Å². The van der Waals surface area contributed by atoms with Crippen LogP contribution in [0.4, 0.5) is 0 Å². The third-order valence-electron chi connectivity index (χ3n) is 5.29. The van der Waals surface area contributed by atoms with Gasteiger partial charge in [-0.05, 0) is 58.6 Å². The quantitative estimate of drug-likeness (QED) is 0.686. The van der Waals surface area contributed by atoms with Gasteiger partial charge in [-0.3, -0.25) is 4.79 Å². The van der Waals surface area contributed by atoms with Gasteiger partial charge in [0.1, 0.15) is 11.5 Å². The number of nitrogens with one attached hydrogen (secondary N) is 1. The fourth-order valence-corrected chi connectivity index (χ4v) is 3.82. The van der Waals surface area contributed by atoms with Gasteiger partial charge in [0, 0.05) is 17.6 Å². The molecule has 3 N–H and O–H groups in total. The van der Waals surface area contributed by atoms with Crippen LogP contribution in [0.1, 0.15) is 53.3 Å². The molecule has 7 nitrogen and oxygen atoms in total. The van der Waals surface area contributed by atoms with Gasteiger partial charge in [-0.15, -0.1) is 12.4 Å². The number of nitrogens with zero attached hydrogens (tertiary/aromatic N) is 2. The number of hydrogen-bond acceptors (Lipinski definition) is 6. The molecular weight excluding hydrogens is 380 g/mol. The Balaban J connectivity index is 0.00000225. The summed E-state index contributed by atoms with van der Waals surface area (Å²) in [7, 11) is 0. The lowest BCUT2D eigenvalue weighted by Crippen LogP contribution is -2.40. The highest BCUT2D eigenvalue weighted by Gasteiger charge is 2.24. The Morgan fingerprint density at radius 1 is 1.18 bits per heavy atom. The van der Waals surface area contributed by atoms with Crippen LogP contribution in [0.5, 0.6) is 0 Å². The van der Waals surface area contributed by atoms with Gasteiger partial charge in [0.05, 0.1) is 22.3 Å². The molecule has 4 rings (SSSR count). The first-order valence-corrected chi connectivity index (χ1v) is 9.33. The SMILES string of the molecule is Cc1cc(-c2cc(C(=O)NC3CCC(N)CC3)c3c(C)noc3n2)c(C)o1.Cl. The largest absolute Gasteiger partial charge is 0.466 e. The van der Waals surface area contributed by atoms with Crippen molar-refractivity contribution in [1.29, 1.82) is 0 Å². The first kappa shape index (κ1) is 20.4. The van der Waals surface area contributed by atoms with Gasteiger partial charge in [0.2, 0.25) is 0 Å². The number of halogens is 1. The number of hydrogen-bond donors (Lipinski definition) is 2. The monoisotopic (exact) mass is 404 g/mol. The maximum absolute atomic E-state index is 13.1. The number of furan rings is 1. The van der Waals surface area contributed by atoms with E-state index in [1.165, 1.54) is 0 Å². The van der Waals surface area contributed by atoms with Crippen LogP contribution >= 0.6 is 12.4 Å². The number of pyridine rings is 1. The second-order valence-corrected chi connectivity index (χ2v) is 7.42. The van der Waals surface area contributed by atoms with E-state index in [4.69, 9.17) is 14.7 Å². The maximum atomic E-state index is 13.1. The number of fused-ring (bicyclic) bond motifs is 1. The van der Waals surface area contributed by atoms with E-state index < -0.39 is 0 Å². The summed E-state index contributed by atoms with van der Waals surface area (Å²) in [5.74, 6) is 1.42. The molecule has 150 valence electrons.